The van der Waals surface area contributed by atoms with E-state index < -0.39 is 48.9 Å². The number of ether oxygens (including phenoxy) is 6. The molecular weight excluding hydrogens is 1090 g/mol. The van der Waals surface area contributed by atoms with Gasteiger partial charge in [-0.2, -0.15) is 0 Å². The average molecular weight is 1160 g/mol. The van der Waals surface area contributed by atoms with E-state index in [0.717, 1.165) is 33.7 Å². The number of rotatable bonds is 18. The lowest BCUT2D eigenvalue weighted by atomic mass is 9.77. The van der Waals surface area contributed by atoms with Crippen LogP contribution >= 0.6 is 45.9 Å². The monoisotopic (exact) mass is 1150 g/mol. The number of halogens is 4. The van der Waals surface area contributed by atoms with Crippen LogP contribution < -0.4 is 40.2 Å². The maximum absolute atomic E-state index is 13.6. The summed E-state index contributed by atoms with van der Waals surface area (Å²) in [6, 6.07) is 13.4. The van der Waals surface area contributed by atoms with Crippen molar-refractivity contribution in [2.24, 2.45) is 23.3 Å². The van der Waals surface area contributed by atoms with Crippen LogP contribution in [0.15, 0.2) is 73.3 Å². The summed E-state index contributed by atoms with van der Waals surface area (Å²) >= 11 is 14.4. The summed E-state index contributed by atoms with van der Waals surface area (Å²) in [5, 5.41) is 0.884. The van der Waals surface area contributed by atoms with Crippen LogP contribution in [0.4, 0.5) is 20.2 Å². The fraction of sp³-hybridized carbons (Fsp3) is 0.407. The Labute approximate surface area is 469 Å². The van der Waals surface area contributed by atoms with Crippen LogP contribution in [0, 0.1) is 11.8 Å². The summed E-state index contributed by atoms with van der Waals surface area (Å²) in [5.74, 6) is -1.57. The number of alkyl halides is 2. The van der Waals surface area contributed by atoms with E-state index in [1.807, 2.05) is 32.0 Å². The highest BCUT2D eigenvalue weighted by Gasteiger charge is 2.60. The first-order chi connectivity index (χ1) is 35.9. The highest BCUT2D eigenvalue weighted by Crippen LogP contribution is 2.49. The number of amides is 2. The molecule has 2 aromatic carbocycles. The molecule has 0 bridgehead atoms. The molecule has 6 heterocycles. The predicted octanol–water partition coefficient (Wildman–Crippen LogP) is 10.7. The minimum absolute atomic E-state index is 0. The molecule has 6 aromatic rings. The molecule has 2 atom stereocenters. The number of hydrogen-bond donors (Lipinski definition) is 2. The van der Waals surface area contributed by atoms with Crippen LogP contribution in [0.3, 0.4) is 0 Å². The quantitative estimate of drug-likeness (QED) is 0.0762. The van der Waals surface area contributed by atoms with Gasteiger partial charge >= 0.3 is 11.9 Å². The number of hydrogen-bond acceptors (Lipinski definition) is 18. The van der Waals surface area contributed by atoms with Crippen molar-refractivity contribution in [3.63, 3.8) is 0 Å². The van der Waals surface area contributed by atoms with Gasteiger partial charge in [0, 0.05) is 48.3 Å². The van der Waals surface area contributed by atoms with Crippen molar-refractivity contribution >= 4 is 81.0 Å². The average Bonchev–Trinajstić information content (AvgIpc) is 3.77. The number of carbonyl (C=O) groups excluding carboxylic acids is 4. The van der Waals surface area contributed by atoms with E-state index in [2.05, 4.69) is 19.9 Å². The first-order valence-electron chi connectivity index (χ1n) is 23.6. The minimum Gasteiger partial charge on any atom is -0.493 e. The molecule has 4 aromatic heterocycles. The largest absolute Gasteiger partial charge is 0.493 e. The predicted molar refractivity (Wildman–Crippen MR) is 296 cm³/mol. The van der Waals surface area contributed by atoms with E-state index in [4.69, 9.17) is 63.1 Å². The number of methoxy groups -OCH3 is 2. The van der Waals surface area contributed by atoms with E-state index in [0.29, 0.717) is 73.2 Å². The minimum atomic E-state index is -2.94. The van der Waals surface area contributed by atoms with Crippen molar-refractivity contribution in [1.82, 2.24) is 19.9 Å². The number of nitrogens with zero attached hydrogens (tertiary/aromatic N) is 6. The van der Waals surface area contributed by atoms with Crippen LogP contribution in [0.2, 0.25) is 10.0 Å². The lowest BCUT2D eigenvalue weighted by Gasteiger charge is -2.45. The molecule has 2 amide bonds. The van der Waals surface area contributed by atoms with E-state index >= 15 is 0 Å². The summed E-state index contributed by atoms with van der Waals surface area (Å²) in [6.45, 7) is 4.03. The van der Waals surface area contributed by atoms with E-state index in [1.54, 1.807) is 47.2 Å². The summed E-state index contributed by atoms with van der Waals surface area (Å²) in [4.78, 5) is 73.5. The number of fused-ring (bicyclic) bond motifs is 2. The van der Waals surface area contributed by atoms with Crippen molar-refractivity contribution in [1.29, 1.82) is 0 Å². The van der Waals surface area contributed by atoms with E-state index in [9.17, 15) is 28.0 Å². The molecule has 2 aliphatic heterocycles. The van der Waals surface area contributed by atoms with Gasteiger partial charge in [0.25, 0.3) is 17.7 Å². The van der Waals surface area contributed by atoms with Gasteiger partial charge in [0.15, 0.2) is 40.2 Å². The summed E-state index contributed by atoms with van der Waals surface area (Å²) in [5.41, 5.74) is 12.8. The van der Waals surface area contributed by atoms with Gasteiger partial charge in [-0.25, -0.2) is 28.7 Å². The van der Waals surface area contributed by atoms with Gasteiger partial charge in [0.2, 0.25) is 0 Å². The van der Waals surface area contributed by atoms with Crippen LogP contribution in [0.1, 0.15) is 92.3 Å². The van der Waals surface area contributed by atoms with Crippen LogP contribution in [-0.4, -0.2) is 101 Å². The Hall–Kier alpha value is -6.56. The van der Waals surface area contributed by atoms with Crippen LogP contribution in [0.25, 0.3) is 21.4 Å². The number of esters is 2. The van der Waals surface area contributed by atoms with Gasteiger partial charge < -0.3 is 49.7 Å². The Kier molecular flexibility index (Phi) is 19.5. The van der Waals surface area contributed by atoms with Gasteiger partial charge in [0.1, 0.15) is 25.4 Å². The van der Waals surface area contributed by atoms with Gasteiger partial charge in [0.05, 0.1) is 76.2 Å². The molecule has 2 fully saturated rings. The standard InChI is InChI=1S/C27H29ClN4O5S.C24H21ClF2N4O5S.3CH4/c1-14(2)23(29)27(34)37-21(15-4-5-15)13-36-19-7-6-18(9-20(19)35-3)32-12-16-8-22(38-24(16)26(32)33)25-30-10-17(28)11-31-25;1-34-17-5-15(2-3-16(17)35-12-23(36-19(32)6-28)10-24(26,27)11-23)31-9-13-4-18(37-20(13)22(31)33)21-29-7-14(25)8-30-21;;;/h6-11,14-15,21,23H,4-5,12-13,29H2,1-3H3;2-5,7-8H,6,9-12,28H2,1H3;3*1H4/t21-,23-;;;;/m0..../s1. The number of benzene rings is 2. The zero-order valence-electron chi connectivity index (χ0n) is 40.9. The zero-order chi connectivity index (χ0) is 53.3. The summed E-state index contributed by atoms with van der Waals surface area (Å²) in [7, 11) is 2.97. The van der Waals surface area contributed by atoms with Gasteiger partial charge in [-0.1, -0.05) is 59.3 Å². The highest BCUT2D eigenvalue weighted by molar-refractivity contribution is 7.18. The molecule has 10 rings (SSSR count). The van der Waals surface area contributed by atoms with Crippen molar-refractivity contribution in [2.45, 2.75) is 98.6 Å². The third kappa shape index (κ3) is 13.3. The van der Waals surface area contributed by atoms with Crippen molar-refractivity contribution < 1.29 is 56.4 Å². The molecule has 2 saturated carbocycles. The molecule has 0 radical (unpaired) electrons. The van der Waals surface area contributed by atoms with Crippen molar-refractivity contribution in [3.05, 3.63) is 104 Å². The molecule has 4 N–H and O–H groups in total. The number of carbonyl (C=O) groups is 4. The lowest BCUT2D eigenvalue weighted by molar-refractivity contribution is -0.233. The first-order valence-corrected chi connectivity index (χ1v) is 26.0. The third-order valence-electron chi connectivity index (χ3n) is 12.7. The zero-order valence-corrected chi connectivity index (χ0v) is 44.0. The summed E-state index contributed by atoms with van der Waals surface area (Å²) < 4.78 is 60.8. The number of nitrogens with two attached hydrogens (primary N) is 2. The van der Waals surface area contributed by atoms with Crippen LogP contribution in [-0.2, 0) is 32.2 Å². The second kappa shape index (κ2) is 25.1. The molecular formula is C54H62Cl2F2N8O10S2. The summed E-state index contributed by atoms with van der Waals surface area (Å²) in [6.07, 6.45) is 6.37. The molecule has 2 aliphatic carbocycles. The molecule has 78 heavy (non-hydrogen) atoms. The lowest BCUT2D eigenvalue weighted by Crippen LogP contribution is -2.58. The van der Waals surface area contributed by atoms with E-state index in [-0.39, 0.29) is 71.0 Å². The fourth-order valence-electron chi connectivity index (χ4n) is 8.58. The normalized spacial score (nSPS) is 16.1. The Bertz CT molecular complexity index is 3120. The second-order valence-electron chi connectivity index (χ2n) is 18.6. The highest BCUT2D eigenvalue weighted by atomic mass is 35.5. The molecule has 0 saturated heterocycles. The number of aromatic nitrogens is 4. The topological polar surface area (TPSA) is 234 Å². The molecule has 0 spiro atoms. The van der Waals surface area contributed by atoms with Crippen LogP contribution in [0.5, 0.6) is 23.0 Å². The number of anilines is 2. The van der Waals surface area contributed by atoms with E-state index in [1.165, 1.54) is 54.6 Å². The molecule has 24 heteroatoms. The second-order valence-corrected chi connectivity index (χ2v) is 21.6. The van der Waals surface area contributed by atoms with Gasteiger partial charge in [-0.3, -0.25) is 19.2 Å². The molecule has 418 valence electrons. The Balaban J connectivity index is 0.000000243. The molecule has 0 unspecified atom stereocenters. The van der Waals surface area contributed by atoms with Crippen molar-refractivity contribution in [2.75, 3.05) is 43.8 Å². The Morgan fingerprint density at radius 2 is 1.21 bits per heavy atom. The first kappa shape index (κ1) is 60.7. The van der Waals surface area contributed by atoms with Gasteiger partial charge in [-0.05, 0) is 72.2 Å². The van der Waals surface area contributed by atoms with Crippen molar-refractivity contribution in [3.8, 4) is 44.4 Å². The maximum atomic E-state index is 13.6. The molecule has 18 nitrogen and oxygen atoms in total. The Morgan fingerprint density at radius 3 is 1.60 bits per heavy atom. The molecule has 4 aliphatic rings. The SMILES string of the molecule is C.C.C.COc1cc(N2Cc3cc(-c4ncc(Cl)cn4)sc3C2=O)ccc1OCC1(OC(=O)CN)CC(F)(F)C1.COc1cc(N2Cc3cc(-c4ncc(Cl)cn4)sc3C2=O)ccc1OC[C@H](OC(=O)[C@@H](N)C(C)C)C1CC1. The number of thiophene rings is 2. The maximum Gasteiger partial charge on any atom is 0.323 e. The Morgan fingerprint density at radius 1 is 0.744 bits per heavy atom. The third-order valence-corrected chi connectivity index (χ3v) is 15.4. The fourth-order valence-corrected chi connectivity index (χ4v) is 10.9. The van der Waals surface area contributed by atoms with Gasteiger partial charge in [-0.15, -0.1) is 22.7 Å². The smallest absolute Gasteiger partial charge is 0.323 e.